The standard InChI is InChI=1S/C62H99N11O15/c1-12-32(5)41(29-46(76)42(22-24-50(64)79)67-60(85)45(31-75)69-61(86)52(34(7)14-3)71-58(83)43(65-11)26-38-19-17-16-18-20-38)57(82)70-51(33(6)13-2)48(78)27-39(30-74)56(81)73-54-37(10)88-62(87)53(35(8)15-4)72-59(84)44(28-40-21-23-49(63)66-40)68-55(80)36(9)25-47(54)77/h16-20,32-37,39-45,51-54,65,74-75H,12-15,21-31H2,1-11H3,(H2,63,66)(H2,64,79)(H,67,85)(H,68,80)(H,69,86)(H,70,82)(H,71,83)(H,72,84)(H,73,81)/t32-,33-,34-,35-,36+,37-,39-,40+,41+,42+,43+,44-,45-,51-,52-,53-,54+/m0/s1. The van der Waals surface area contributed by atoms with Crippen molar-refractivity contribution in [2.24, 2.45) is 57.9 Å². The monoisotopic (exact) mass is 1240 g/mol. The van der Waals surface area contributed by atoms with E-state index in [1.807, 2.05) is 37.3 Å². The molecule has 2 aliphatic rings. The lowest BCUT2D eigenvalue weighted by Gasteiger charge is -2.31. The topological polar surface area (TPSA) is 415 Å². The fraction of sp³-hybridized carbons (Fsp3) is 0.694. The molecule has 17 atom stereocenters. The van der Waals surface area contributed by atoms with E-state index in [-0.39, 0.29) is 18.9 Å². The third-order valence-corrected chi connectivity index (χ3v) is 17.3. The van der Waals surface area contributed by atoms with Crippen LogP contribution in [0.3, 0.4) is 0 Å². The van der Waals surface area contributed by atoms with Crippen molar-refractivity contribution in [2.45, 2.75) is 213 Å². The number of esters is 1. The van der Waals surface area contributed by atoms with Gasteiger partial charge in [-0.2, -0.15) is 0 Å². The van der Waals surface area contributed by atoms with E-state index < -0.39 is 205 Å². The fourth-order valence-corrected chi connectivity index (χ4v) is 10.5. The van der Waals surface area contributed by atoms with Crippen LogP contribution in [0.1, 0.15) is 152 Å². The summed E-state index contributed by atoms with van der Waals surface area (Å²) in [6.07, 6.45) is -0.877. The van der Waals surface area contributed by atoms with Crippen molar-refractivity contribution >= 4 is 76.4 Å². The number of primary amides is 1. The zero-order chi connectivity index (χ0) is 66.1. The number of carbonyl (C=O) groups is 12. The summed E-state index contributed by atoms with van der Waals surface area (Å²) < 4.78 is 5.80. The first kappa shape index (κ1) is 75.1. The molecule has 0 saturated carbocycles. The number of hydrogen-bond acceptors (Lipinski definition) is 18. The normalized spacial score (nSPS) is 23.0. The van der Waals surface area contributed by atoms with Crippen LogP contribution in [0.4, 0.5) is 0 Å². The molecule has 0 unspecified atom stereocenters. The van der Waals surface area contributed by atoms with Crippen molar-refractivity contribution in [3.05, 3.63) is 35.9 Å². The van der Waals surface area contributed by atoms with Crippen molar-refractivity contribution in [1.29, 1.82) is 0 Å². The van der Waals surface area contributed by atoms with Gasteiger partial charge in [-0.15, -0.1) is 0 Å². The molecular weight excluding hydrogens is 1140 g/mol. The molecule has 8 amide bonds. The number of rotatable bonds is 34. The summed E-state index contributed by atoms with van der Waals surface area (Å²) in [6, 6.07) is -1.47. The Morgan fingerprint density at radius 1 is 0.705 bits per heavy atom. The van der Waals surface area contributed by atoms with Crippen LogP contribution in [0.15, 0.2) is 35.3 Å². The van der Waals surface area contributed by atoms with E-state index in [1.54, 1.807) is 55.5 Å². The van der Waals surface area contributed by atoms with Gasteiger partial charge in [0.05, 0.1) is 49.1 Å². The summed E-state index contributed by atoms with van der Waals surface area (Å²) in [4.78, 5) is 171. The number of hydrogen-bond donors (Lipinski definition) is 12. The molecule has 1 fully saturated rings. The van der Waals surface area contributed by atoms with Crippen LogP contribution in [0.5, 0.6) is 0 Å². The Hall–Kier alpha value is -7.19. The van der Waals surface area contributed by atoms with Crippen molar-refractivity contribution in [3.8, 4) is 0 Å². The highest BCUT2D eigenvalue weighted by atomic mass is 16.5. The Morgan fingerprint density at radius 2 is 1.31 bits per heavy atom. The van der Waals surface area contributed by atoms with Crippen LogP contribution < -0.4 is 54.0 Å². The second-order valence-corrected chi connectivity index (χ2v) is 24.0. The maximum Gasteiger partial charge on any atom is 0.329 e. The zero-order valence-corrected chi connectivity index (χ0v) is 53.1. The fourth-order valence-electron chi connectivity index (χ4n) is 10.5. The molecular formula is C62H99N11O15. The SMILES string of the molecule is CC[C@H](C)[C@H](NC(=O)[C@H](CC(=O)[C@@H](CCC(N)=O)NC(=O)[C@H](CO)NC(=O)[C@@H](NC(=O)[C@@H](Cc1ccccc1)NC)[C@@H](C)CC)[C@@H](C)CC)C(=O)C[C@@H](CO)C(=O)N[C@H]1C(=O)C[C@@H](C)C(=O)N[C@@H](C[C@H]2CCC(N)=N2)C(=O)N[C@@H]([C@@H](C)CC)C(=O)O[C@H]1C. The van der Waals surface area contributed by atoms with E-state index >= 15 is 0 Å². The number of benzene rings is 1. The molecule has 88 heavy (non-hydrogen) atoms. The summed E-state index contributed by atoms with van der Waals surface area (Å²) in [6.45, 7) is 14.9. The summed E-state index contributed by atoms with van der Waals surface area (Å²) >= 11 is 0. The molecule has 2 aliphatic heterocycles. The number of amidine groups is 1. The lowest BCUT2D eigenvalue weighted by molar-refractivity contribution is -0.157. The Bertz CT molecular complexity index is 2610. The second-order valence-electron chi connectivity index (χ2n) is 24.0. The largest absolute Gasteiger partial charge is 0.458 e. The average molecular weight is 1240 g/mol. The molecule has 3 rings (SSSR count). The molecule has 26 nitrogen and oxygen atoms in total. The molecule has 0 bridgehead atoms. The number of aliphatic hydroxyl groups excluding tert-OH is 2. The predicted molar refractivity (Wildman–Crippen MR) is 327 cm³/mol. The van der Waals surface area contributed by atoms with Crippen LogP contribution in [0, 0.1) is 41.4 Å². The number of Topliss-reactive ketones (excluding diaryl/α,β-unsaturated/α-hetero) is 3. The van der Waals surface area contributed by atoms with E-state index in [4.69, 9.17) is 16.2 Å². The van der Waals surface area contributed by atoms with Gasteiger partial charge in [0, 0.05) is 43.9 Å². The maximum absolute atomic E-state index is 14.5. The lowest BCUT2D eigenvalue weighted by Crippen LogP contribution is -2.59. The molecule has 1 aromatic rings. The molecule has 0 radical (unpaired) electrons. The highest BCUT2D eigenvalue weighted by molar-refractivity contribution is 5.99. The lowest BCUT2D eigenvalue weighted by atomic mass is 9.83. The van der Waals surface area contributed by atoms with Crippen molar-refractivity contribution < 1.29 is 72.5 Å². The van der Waals surface area contributed by atoms with E-state index in [2.05, 4.69) is 47.5 Å². The van der Waals surface area contributed by atoms with Gasteiger partial charge in [-0.25, -0.2) is 4.79 Å². The molecule has 14 N–H and O–H groups in total. The third kappa shape index (κ3) is 22.8. The number of ether oxygens (including phenoxy) is 1. The van der Waals surface area contributed by atoms with Gasteiger partial charge in [0.15, 0.2) is 17.3 Å². The number of nitrogens with two attached hydrogens (primary N) is 2. The van der Waals surface area contributed by atoms with Gasteiger partial charge in [-0.05, 0) is 68.9 Å². The number of likely N-dealkylation sites (N-methyl/N-ethyl adjacent to an activating group) is 1. The average Bonchev–Trinajstić information content (AvgIpc) is 4.10. The Labute approximate surface area is 516 Å². The van der Waals surface area contributed by atoms with E-state index in [0.717, 1.165) is 5.56 Å². The van der Waals surface area contributed by atoms with Crippen molar-refractivity contribution in [3.63, 3.8) is 0 Å². The molecule has 1 aromatic carbocycles. The molecule has 1 saturated heterocycles. The van der Waals surface area contributed by atoms with Crippen molar-refractivity contribution in [1.82, 2.24) is 42.5 Å². The molecule has 0 spiro atoms. The van der Waals surface area contributed by atoms with Gasteiger partial charge in [0.1, 0.15) is 36.3 Å². The predicted octanol–water partition coefficient (Wildman–Crippen LogP) is 0.246. The Balaban J connectivity index is 1.85. The third-order valence-electron chi connectivity index (χ3n) is 17.3. The van der Waals surface area contributed by atoms with Gasteiger partial charge in [0.25, 0.3) is 0 Å². The number of nitrogens with zero attached hydrogens (tertiary/aromatic N) is 1. The second kappa shape index (κ2) is 37.0. The number of carbonyl (C=O) groups excluding carboxylic acids is 12. The van der Waals surface area contributed by atoms with Crippen LogP contribution >= 0.6 is 0 Å². The van der Waals surface area contributed by atoms with Gasteiger partial charge in [-0.1, -0.05) is 118 Å². The Kier molecular flexibility index (Phi) is 31.5. The number of amides is 8. The van der Waals surface area contributed by atoms with Crippen LogP contribution in [0.25, 0.3) is 0 Å². The number of aliphatic imine (C=N–C) groups is 1. The number of nitrogens with one attached hydrogen (secondary N) is 8. The zero-order valence-electron chi connectivity index (χ0n) is 53.1. The molecule has 2 heterocycles. The van der Waals surface area contributed by atoms with Crippen molar-refractivity contribution in [2.75, 3.05) is 20.3 Å². The van der Waals surface area contributed by atoms with Gasteiger partial charge < -0.3 is 69.0 Å². The maximum atomic E-state index is 14.5. The van der Waals surface area contributed by atoms with Gasteiger partial charge >= 0.3 is 5.97 Å². The van der Waals surface area contributed by atoms with E-state index in [9.17, 15) is 67.7 Å². The highest BCUT2D eigenvalue weighted by Gasteiger charge is 2.42. The highest BCUT2D eigenvalue weighted by Crippen LogP contribution is 2.25. The van der Waals surface area contributed by atoms with Crippen LogP contribution in [0.2, 0.25) is 0 Å². The van der Waals surface area contributed by atoms with Gasteiger partial charge in [-0.3, -0.25) is 57.7 Å². The molecule has 0 aliphatic carbocycles. The minimum atomic E-state index is -1.65. The summed E-state index contributed by atoms with van der Waals surface area (Å²) in [5, 5.41) is 42.6. The first-order valence-electron chi connectivity index (χ1n) is 31.0. The minimum Gasteiger partial charge on any atom is -0.458 e. The minimum absolute atomic E-state index is 0.0656. The quantitative estimate of drug-likeness (QED) is 0.0412. The molecule has 492 valence electrons. The van der Waals surface area contributed by atoms with Gasteiger partial charge in [0.2, 0.25) is 47.3 Å². The van der Waals surface area contributed by atoms with E-state index in [0.29, 0.717) is 50.8 Å². The summed E-state index contributed by atoms with van der Waals surface area (Å²) in [7, 11) is 1.61. The number of aliphatic hydroxyl groups is 2. The summed E-state index contributed by atoms with van der Waals surface area (Å²) in [5.74, 6) is -14.6. The van der Waals surface area contributed by atoms with Crippen LogP contribution in [-0.4, -0.2) is 167 Å². The van der Waals surface area contributed by atoms with Crippen LogP contribution in [-0.2, 0) is 68.7 Å². The number of ketones is 3. The Morgan fingerprint density at radius 3 is 1.86 bits per heavy atom. The smallest absolute Gasteiger partial charge is 0.329 e. The van der Waals surface area contributed by atoms with E-state index in [1.165, 1.54) is 13.8 Å². The first-order chi connectivity index (χ1) is 41.6. The molecule has 0 aromatic heterocycles. The molecule has 26 heteroatoms. The first-order valence-corrected chi connectivity index (χ1v) is 31.0. The summed E-state index contributed by atoms with van der Waals surface area (Å²) in [5.41, 5.74) is 12.3. The number of cyclic esters (lactones) is 1.